The van der Waals surface area contributed by atoms with Crippen LogP contribution in [-0.4, -0.2) is 16.0 Å². The molecule has 100 valence electrons. The maximum absolute atomic E-state index is 6.10. The van der Waals surface area contributed by atoms with Crippen molar-refractivity contribution in [1.82, 2.24) is 9.97 Å². The largest absolute Gasteiger partial charge is 0.367 e. The number of rotatable bonds is 2. The Bertz CT molecular complexity index is 420. The zero-order valence-corrected chi connectivity index (χ0v) is 12.2. The van der Waals surface area contributed by atoms with Crippen LogP contribution in [0.3, 0.4) is 0 Å². The van der Waals surface area contributed by atoms with E-state index in [1.54, 1.807) is 0 Å². The Balaban J connectivity index is 2.09. The van der Waals surface area contributed by atoms with Crippen molar-refractivity contribution < 1.29 is 0 Å². The van der Waals surface area contributed by atoms with Crippen molar-refractivity contribution in [3.63, 3.8) is 0 Å². The predicted molar refractivity (Wildman–Crippen MR) is 76.2 cm³/mol. The highest BCUT2D eigenvalue weighted by molar-refractivity contribution is 6.30. The number of aromatic nitrogens is 2. The highest BCUT2D eigenvalue weighted by Gasteiger charge is 2.18. The SMILES string of the molecule is Cc1nc(Cl)c(C)c(NC2CCCC(C)CC2)n1. The Hall–Kier alpha value is -0.830. The molecule has 2 unspecified atom stereocenters. The molecule has 1 aromatic rings. The summed E-state index contributed by atoms with van der Waals surface area (Å²) in [7, 11) is 0. The van der Waals surface area contributed by atoms with Crippen molar-refractivity contribution in [1.29, 1.82) is 0 Å². The van der Waals surface area contributed by atoms with Crippen LogP contribution in [0.15, 0.2) is 0 Å². The predicted octanol–water partition coefficient (Wildman–Crippen LogP) is 4.13. The van der Waals surface area contributed by atoms with Crippen LogP contribution in [0.5, 0.6) is 0 Å². The molecule has 4 heteroatoms. The van der Waals surface area contributed by atoms with Gasteiger partial charge < -0.3 is 5.32 Å². The molecule has 0 amide bonds. The molecule has 1 aromatic heterocycles. The Morgan fingerprint density at radius 2 is 1.89 bits per heavy atom. The van der Waals surface area contributed by atoms with Gasteiger partial charge in [0.2, 0.25) is 0 Å². The minimum atomic E-state index is 0.527. The summed E-state index contributed by atoms with van der Waals surface area (Å²) in [5.41, 5.74) is 0.958. The van der Waals surface area contributed by atoms with Crippen LogP contribution in [0.4, 0.5) is 5.82 Å². The lowest BCUT2D eigenvalue weighted by atomic mass is 10.0. The number of hydrogen-bond donors (Lipinski definition) is 1. The molecule has 2 rings (SSSR count). The normalized spacial score (nSPS) is 24.7. The molecule has 1 heterocycles. The summed E-state index contributed by atoms with van der Waals surface area (Å²) < 4.78 is 0. The smallest absolute Gasteiger partial charge is 0.137 e. The zero-order chi connectivity index (χ0) is 13.1. The van der Waals surface area contributed by atoms with Crippen molar-refractivity contribution in [2.24, 2.45) is 5.92 Å². The van der Waals surface area contributed by atoms with Crippen molar-refractivity contribution in [3.8, 4) is 0 Å². The van der Waals surface area contributed by atoms with E-state index >= 15 is 0 Å². The number of nitrogens with one attached hydrogen (secondary N) is 1. The number of halogens is 1. The third-order valence-corrected chi connectivity index (χ3v) is 4.16. The van der Waals surface area contributed by atoms with Crippen LogP contribution in [-0.2, 0) is 0 Å². The molecule has 0 aliphatic heterocycles. The Kier molecular flexibility index (Phi) is 4.44. The summed E-state index contributed by atoms with van der Waals surface area (Å²) in [5, 5.41) is 4.12. The summed E-state index contributed by atoms with van der Waals surface area (Å²) in [6.45, 7) is 6.20. The lowest BCUT2D eigenvalue weighted by Gasteiger charge is -2.19. The maximum Gasteiger partial charge on any atom is 0.137 e. The fourth-order valence-electron chi connectivity index (χ4n) is 2.56. The van der Waals surface area contributed by atoms with E-state index in [9.17, 15) is 0 Å². The average molecular weight is 268 g/mol. The minimum Gasteiger partial charge on any atom is -0.367 e. The van der Waals surface area contributed by atoms with Crippen molar-refractivity contribution in [3.05, 3.63) is 16.5 Å². The van der Waals surface area contributed by atoms with E-state index < -0.39 is 0 Å². The third-order valence-electron chi connectivity index (χ3n) is 3.80. The van der Waals surface area contributed by atoms with Gasteiger partial charge in [-0.15, -0.1) is 0 Å². The number of nitrogens with zero attached hydrogens (tertiary/aromatic N) is 2. The van der Waals surface area contributed by atoms with Gasteiger partial charge in [-0.2, -0.15) is 0 Å². The van der Waals surface area contributed by atoms with E-state index in [1.165, 1.54) is 32.1 Å². The van der Waals surface area contributed by atoms with Gasteiger partial charge in [-0.25, -0.2) is 9.97 Å². The third kappa shape index (κ3) is 3.35. The van der Waals surface area contributed by atoms with Crippen molar-refractivity contribution >= 4 is 17.4 Å². The van der Waals surface area contributed by atoms with Gasteiger partial charge in [0.05, 0.1) is 0 Å². The molecule has 1 saturated carbocycles. The summed E-state index contributed by atoms with van der Waals surface area (Å²) in [4.78, 5) is 8.64. The highest BCUT2D eigenvalue weighted by Crippen LogP contribution is 2.26. The Morgan fingerprint density at radius 1 is 1.11 bits per heavy atom. The standard InChI is InChI=1S/C14H22ClN3/c1-9-5-4-6-12(8-7-9)18-14-10(2)13(15)16-11(3)17-14/h9,12H,4-8H2,1-3H3,(H,16,17,18). The number of aryl methyl sites for hydroxylation is 1. The first-order valence-corrected chi connectivity index (χ1v) is 7.21. The highest BCUT2D eigenvalue weighted by atomic mass is 35.5. The molecule has 1 fully saturated rings. The summed E-state index contributed by atoms with van der Waals surface area (Å²) in [5.74, 6) is 2.50. The van der Waals surface area contributed by atoms with Gasteiger partial charge >= 0.3 is 0 Å². The van der Waals surface area contributed by atoms with E-state index in [2.05, 4.69) is 22.2 Å². The molecule has 2 atom stereocenters. The molecule has 0 radical (unpaired) electrons. The van der Waals surface area contributed by atoms with Crippen LogP contribution in [0.2, 0.25) is 5.15 Å². The lowest BCUT2D eigenvalue weighted by molar-refractivity contribution is 0.501. The first-order valence-electron chi connectivity index (χ1n) is 6.83. The van der Waals surface area contributed by atoms with E-state index in [0.29, 0.717) is 11.2 Å². The van der Waals surface area contributed by atoms with Crippen LogP contribution in [0, 0.1) is 19.8 Å². The molecule has 1 aliphatic carbocycles. The van der Waals surface area contributed by atoms with E-state index in [-0.39, 0.29) is 0 Å². The average Bonchev–Trinajstić information content (AvgIpc) is 2.51. The number of hydrogen-bond acceptors (Lipinski definition) is 3. The van der Waals surface area contributed by atoms with E-state index in [4.69, 9.17) is 11.6 Å². The monoisotopic (exact) mass is 267 g/mol. The van der Waals surface area contributed by atoms with Crippen molar-refractivity contribution in [2.75, 3.05) is 5.32 Å². The minimum absolute atomic E-state index is 0.527. The van der Waals surface area contributed by atoms with Crippen LogP contribution in [0.25, 0.3) is 0 Å². The molecule has 0 spiro atoms. The molecule has 0 bridgehead atoms. The molecule has 0 aromatic carbocycles. The second-order valence-corrected chi connectivity index (χ2v) is 5.85. The fourth-order valence-corrected chi connectivity index (χ4v) is 2.77. The first kappa shape index (κ1) is 13.6. The zero-order valence-electron chi connectivity index (χ0n) is 11.5. The Labute approximate surface area is 114 Å². The second-order valence-electron chi connectivity index (χ2n) is 5.49. The molecule has 1 N–H and O–H groups in total. The van der Waals surface area contributed by atoms with Crippen LogP contribution < -0.4 is 5.32 Å². The van der Waals surface area contributed by atoms with E-state index in [1.807, 2.05) is 13.8 Å². The van der Waals surface area contributed by atoms with Gasteiger partial charge in [0.15, 0.2) is 0 Å². The van der Waals surface area contributed by atoms with Gasteiger partial charge in [0.1, 0.15) is 16.8 Å². The lowest BCUT2D eigenvalue weighted by Crippen LogP contribution is -2.20. The molecular formula is C14H22ClN3. The van der Waals surface area contributed by atoms with Crippen molar-refractivity contribution in [2.45, 2.75) is 58.9 Å². The maximum atomic E-state index is 6.10. The molecular weight excluding hydrogens is 246 g/mol. The molecule has 1 aliphatic rings. The Morgan fingerprint density at radius 3 is 2.67 bits per heavy atom. The van der Waals surface area contributed by atoms with Gasteiger partial charge in [0.25, 0.3) is 0 Å². The fraction of sp³-hybridized carbons (Fsp3) is 0.714. The van der Waals surface area contributed by atoms with Gasteiger partial charge in [0, 0.05) is 11.6 Å². The molecule has 0 saturated heterocycles. The van der Waals surface area contributed by atoms with Gasteiger partial charge in [-0.3, -0.25) is 0 Å². The molecule has 3 nitrogen and oxygen atoms in total. The van der Waals surface area contributed by atoms with Gasteiger partial charge in [-0.05, 0) is 39.0 Å². The first-order chi connectivity index (χ1) is 8.56. The summed E-state index contributed by atoms with van der Waals surface area (Å²) >= 11 is 6.10. The quantitative estimate of drug-likeness (QED) is 0.647. The van der Waals surface area contributed by atoms with Crippen LogP contribution >= 0.6 is 11.6 Å². The van der Waals surface area contributed by atoms with E-state index in [0.717, 1.165) is 23.1 Å². The summed E-state index contributed by atoms with van der Waals surface area (Å²) in [6.07, 6.45) is 6.40. The second kappa shape index (κ2) is 5.87. The van der Waals surface area contributed by atoms with Gasteiger partial charge in [-0.1, -0.05) is 31.4 Å². The van der Waals surface area contributed by atoms with Crippen LogP contribution in [0.1, 0.15) is 50.4 Å². The number of anilines is 1. The molecule has 18 heavy (non-hydrogen) atoms. The topological polar surface area (TPSA) is 37.8 Å². The summed E-state index contributed by atoms with van der Waals surface area (Å²) in [6, 6.07) is 0.527.